The Labute approximate surface area is 116 Å². The molecule has 1 aromatic rings. The van der Waals surface area contributed by atoms with Crippen molar-refractivity contribution in [3.05, 3.63) is 35.9 Å². The molecule has 0 amide bonds. The van der Waals surface area contributed by atoms with E-state index in [2.05, 4.69) is 33.3 Å². The molecule has 3 atom stereocenters. The summed E-state index contributed by atoms with van der Waals surface area (Å²) < 4.78 is 12.3. The Morgan fingerprint density at radius 3 is 2.21 bits per heavy atom. The van der Waals surface area contributed by atoms with E-state index in [0.29, 0.717) is 4.48 Å². The normalized spacial score (nSPS) is 18.6. The zero-order valence-electron chi connectivity index (χ0n) is 12.3. The number of nitrogens with zero attached hydrogens (tertiary/aromatic N) is 1. The average molecular weight is 285 g/mol. The fourth-order valence-electron chi connectivity index (χ4n) is 2.37. The molecule has 0 aliphatic carbocycles. The molecule has 0 aromatic heterocycles. The molecule has 1 aromatic carbocycles. The number of rotatable bonds is 6. The molecule has 0 fully saturated rings. The largest absolute Gasteiger partial charge is 0.344 e. The number of nitrogens with two attached hydrogens (primary N) is 1. The average Bonchev–Trinajstić information content (AvgIpc) is 2.23. The third-order valence-electron chi connectivity index (χ3n) is 3.33. The van der Waals surface area contributed by atoms with Crippen molar-refractivity contribution in [2.45, 2.75) is 18.5 Å². The van der Waals surface area contributed by atoms with Gasteiger partial charge in [0, 0.05) is 19.2 Å². The van der Waals surface area contributed by atoms with Gasteiger partial charge in [-0.2, -0.15) is 0 Å². The van der Waals surface area contributed by atoms with Crippen LogP contribution in [0.15, 0.2) is 30.3 Å². The number of benzene rings is 1. The van der Waals surface area contributed by atoms with Crippen molar-refractivity contribution in [3.63, 3.8) is 0 Å². The summed E-state index contributed by atoms with van der Waals surface area (Å²) in [6.45, 7) is 1.38. The Morgan fingerprint density at radius 1 is 1.26 bits per heavy atom. The van der Waals surface area contributed by atoms with Gasteiger partial charge in [-0.1, -0.05) is 30.3 Å². The van der Waals surface area contributed by atoms with E-state index in [0.717, 1.165) is 6.42 Å². The van der Waals surface area contributed by atoms with Crippen LogP contribution < -0.4 is 5.73 Å². The molecule has 3 N–H and O–H groups in total. The van der Waals surface area contributed by atoms with E-state index in [1.54, 1.807) is 0 Å². The number of hydrogen-bond acceptors (Lipinski definition) is 2. The van der Waals surface area contributed by atoms with Crippen molar-refractivity contribution in [3.8, 4) is 0 Å². The first-order valence-electron chi connectivity index (χ1n) is 6.49. The SMILES string of the molecule is C[N+](C)(C)C(Cc1ccccc1)C(N)CP(C)(=O)O. The van der Waals surface area contributed by atoms with Crippen molar-refractivity contribution in [2.75, 3.05) is 34.0 Å². The van der Waals surface area contributed by atoms with Gasteiger partial charge in [-0.15, -0.1) is 0 Å². The molecule has 0 aliphatic heterocycles. The van der Waals surface area contributed by atoms with Crippen molar-refractivity contribution >= 4 is 7.37 Å². The van der Waals surface area contributed by atoms with Gasteiger partial charge < -0.3 is 15.1 Å². The molecule has 0 saturated heterocycles. The molecule has 19 heavy (non-hydrogen) atoms. The monoisotopic (exact) mass is 285 g/mol. The highest BCUT2D eigenvalue weighted by Gasteiger charge is 2.33. The number of hydrogen-bond donors (Lipinski definition) is 2. The Kier molecular flexibility index (Phi) is 5.34. The highest BCUT2D eigenvalue weighted by molar-refractivity contribution is 7.57. The molecule has 0 saturated carbocycles. The standard InChI is InChI=1S/C14H25N2O2P/c1-16(2,3)14(13(15)11-19(4,17)18)10-12-8-6-5-7-9-12/h5-9,13-14H,10-11,15H2,1-4H3/p+1. The van der Waals surface area contributed by atoms with E-state index in [-0.39, 0.29) is 18.2 Å². The first-order chi connectivity index (χ1) is 8.59. The molecule has 1 rings (SSSR count). The second-order valence-electron chi connectivity index (χ2n) is 6.27. The molecule has 0 radical (unpaired) electrons. The van der Waals surface area contributed by atoms with Crippen LogP contribution in [-0.2, 0) is 11.0 Å². The van der Waals surface area contributed by atoms with Crippen LogP contribution in [0.3, 0.4) is 0 Å². The molecule has 108 valence electrons. The van der Waals surface area contributed by atoms with Crippen molar-refractivity contribution < 1.29 is 13.9 Å². The third-order valence-corrected chi connectivity index (χ3v) is 4.43. The zero-order valence-corrected chi connectivity index (χ0v) is 13.2. The van der Waals surface area contributed by atoms with Gasteiger partial charge in [0.05, 0.1) is 27.2 Å². The van der Waals surface area contributed by atoms with Crippen LogP contribution in [0, 0.1) is 0 Å². The Bertz CT molecular complexity index is 437. The summed E-state index contributed by atoms with van der Waals surface area (Å²) in [5.74, 6) is 0. The maximum Gasteiger partial charge on any atom is 0.199 e. The highest BCUT2D eigenvalue weighted by Crippen LogP contribution is 2.36. The topological polar surface area (TPSA) is 63.3 Å². The van der Waals surface area contributed by atoms with Gasteiger partial charge >= 0.3 is 0 Å². The van der Waals surface area contributed by atoms with E-state index < -0.39 is 7.37 Å². The maximum absolute atomic E-state index is 11.6. The minimum Gasteiger partial charge on any atom is -0.344 e. The van der Waals surface area contributed by atoms with Gasteiger partial charge in [0.25, 0.3) is 0 Å². The zero-order chi connectivity index (χ0) is 14.7. The van der Waals surface area contributed by atoms with Crippen molar-refractivity contribution in [2.24, 2.45) is 5.73 Å². The fraction of sp³-hybridized carbons (Fsp3) is 0.571. The van der Waals surface area contributed by atoms with Crippen LogP contribution in [0.4, 0.5) is 0 Å². The quantitative estimate of drug-likeness (QED) is 0.615. The highest BCUT2D eigenvalue weighted by atomic mass is 31.2. The lowest BCUT2D eigenvalue weighted by atomic mass is 9.98. The Morgan fingerprint density at radius 2 is 1.79 bits per heavy atom. The predicted molar refractivity (Wildman–Crippen MR) is 80.6 cm³/mol. The summed E-state index contributed by atoms with van der Waals surface area (Å²) in [5.41, 5.74) is 7.40. The van der Waals surface area contributed by atoms with Gasteiger partial charge in [0.1, 0.15) is 6.04 Å². The van der Waals surface area contributed by atoms with Crippen molar-refractivity contribution in [1.82, 2.24) is 0 Å². The summed E-state index contributed by atoms with van der Waals surface area (Å²) in [5, 5.41) is 0. The summed E-state index contributed by atoms with van der Waals surface area (Å²) in [6.07, 6.45) is 0.978. The summed E-state index contributed by atoms with van der Waals surface area (Å²) in [6, 6.07) is 9.95. The van der Waals surface area contributed by atoms with Gasteiger partial charge in [-0.3, -0.25) is 4.57 Å². The minimum absolute atomic E-state index is 0.114. The summed E-state index contributed by atoms with van der Waals surface area (Å²) >= 11 is 0. The van der Waals surface area contributed by atoms with Gasteiger partial charge in [-0.25, -0.2) is 0 Å². The Balaban J connectivity index is 2.87. The van der Waals surface area contributed by atoms with Gasteiger partial charge in [0.2, 0.25) is 0 Å². The lowest BCUT2D eigenvalue weighted by Crippen LogP contribution is -2.57. The minimum atomic E-state index is -3.09. The molecule has 0 heterocycles. The van der Waals surface area contributed by atoms with Crippen molar-refractivity contribution in [1.29, 1.82) is 0 Å². The fourth-order valence-corrected chi connectivity index (χ4v) is 3.39. The van der Waals surface area contributed by atoms with Crippen LogP contribution in [0.25, 0.3) is 0 Å². The van der Waals surface area contributed by atoms with Crippen LogP contribution >= 0.6 is 7.37 Å². The molecule has 4 nitrogen and oxygen atoms in total. The molecule has 3 unspecified atom stereocenters. The molecular weight excluding hydrogens is 259 g/mol. The van der Waals surface area contributed by atoms with E-state index >= 15 is 0 Å². The lowest BCUT2D eigenvalue weighted by Gasteiger charge is -2.38. The van der Waals surface area contributed by atoms with E-state index in [4.69, 9.17) is 5.73 Å². The van der Waals surface area contributed by atoms with E-state index in [1.807, 2.05) is 18.2 Å². The molecular formula is C14H26N2O2P+. The van der Waals surface area contributed by atoms with Crippen LogP contribution in [0.2, 0.25) is 0 Å². The molecule has 0 bridgehead atoms. The first-order valence-corrected chi connectivity index (χ1v) is 8.79. The van der Waals surface area contributed by atoms with E-state index in [1.165, 1.54) is 12.2 Å². The predicted octanol–water partition coefficient (Wildman–Crippen LogP) is 1.53. The summed E-state index contributed by atoms with van der Waals surface area (Å²) in [7, 11) is 3.14. The maximum atomic E-state index is 11.6. The molecule has 0 aliphatic rings. The molecule has 0 spiro atoms. The first kappa shape index (κ1) is 16.4. The lowest BCUT2D eigenvalue weighted by molar-refractivity contribution is -0.896. The smallest absolute Gasteiger partial charge is 0.199 e. The van der Waals surface area contributed by atoms with Gasteiger partial charge in [0.15, 0.2) is 7.37 Å². The van der Waals surface area contributed by atoms with Crippen LogP contribution in [0.1, 0.15) is 5.56 Å². The summed E-state index contributed by atoms with van der Waals surface area (Å²) in [4.78, 5) is 9.54. The van der Waals surface area contributed by atoms with Gasteiger partial charge in [-0.05, 0) is 5.56 Å². The second kappa shape index (κ2) is 6.19. The number of quaternary nitrogens is 1. The van der Waals surface area contributed by atoms with Crippen LogP contribution in [0.5, 0.6) is 0 Å². The van der Waals surface area contributed by atoms with E-state index in [9.17, 15) is 9.46 Å². The Hall–Kier alpha value is -0.670. The molecule has 5 heteroatoms. The second-order valence-corrected chi connectivity index (χ2v) is 8.74. The van der Waals surface area contributed by atoms with Crippen LogP contribution in [-0.4, -0.2) is 55.4 Å². The number of likely N-dealkylation sites (N-methyl/N-ethyl adjacent to an activating group) is 1. The third kappa shape index (κ3) is 5.87.